The van der Waals surface area contributed by atoms with Crippen LogP contribution >= 0.6 is 0 Å². The molecule has 34 heavy (non-hydrogen) atoms. The van der Waals surface area contributed by atoms with E-state index in [4.69, 9.17) is 4.74 Å². The van der Waals surface area contributed by atoms with Crippen molar-refractivity contribution in [3.63, 3.8) is 0 Å². The van der Waals surface area contributed by atoms with Crippen LogP contribution in [-0.4, -0.2) is 60.0 Å². The van der Waals surface area contributed by atoms with Crippen LogP contribution in [0.4, 0.5) is 4.39 Å². The topological polar surface area (TPSA) is 37.7 Å². The van der Waals surface area contributed by atoms with E-state index in [1.54, 1.807) is 19.2 Å². The fourth-order valence-corrected chi connectivity index (χ4v) is 5.15. The summed E-state index contributed by atoms with van der Waals surface area (Å²) < 4.78 is 21.1. The van der Waals surface area contributed by atoms with Gasteiger partial charge < -0.3 is 14.2 Å². The molecule has 1 saturated heterocycles. The maximum Gasteiger partial charge on any atom is 0.168 e. The summed E-state index contributed by atoms with van der Waals surface area (Å²) >= 11 is 0. The number of halogens is 1. The Morgan fingerprint density at radius 3 is 2.53 bits per heavy atom. The van der Waals surface area contributed by atoms with Gasteiger partial charge in [-0.2, -0.15) is 0 Å². The van der Waals surface area contributed by atoms with E-state index in [9.17, 15) is 9.18 Å². The van der Waals surface area contributed by atoms with Gasteiger partial charge in [0.25, 0.3) is 0 Å². The van der Waals surface area contributed by atoms with Crippen LogP contribution < -0.4 is 4.74 Å². The van der Waals surface area contributed by atoms with Gasteiger partial charge in [-0.25, -0.2) is 4.39 Å². The number of aromatic nitrogens is 1. The Kier molecular flexibility index (Phi) is 6.97. The van der Waals surface area contributed by atoms with Crippen molar-refractivity contribution in [3.05, 3.63) is 65.6 Å². The highest BCUT2D eigenvalue weighted by Crippen LogP contribution is 2.37. The van der Waals surface area contributed by atoms with Crippen molar-refractivity contribution in [2.24, 2.45) is 5.92 Å². The first-order chi connectivity index (χ1) is 16.6. The second-order valence-electron chi connectivity index (χ2n) is 9.68. The van der Waals surface area contributed by atoms with E-state index >= 15 is 0 Å². The molecule has 0 radical (unpaired) electrons. The number of hydrogen-bond acceptors (Lipinski definition) is 4. The first-order valence-electron chi connectivity index (χ1n) is 12.5. The quantitative estimate of drug-likeness (QED) is 0.420. The third-order valence-corrected chi connectivity index (χ3v) is 7.17. The number of ether oxygens (including phenoxy) is 1. The Labute approximate surface area is 201 Å². The first kappa shape index (κ1) is 23.1. The maximum absolute atomic E-state index is 13.2. The van der Waals surface area contributed by atoms with E-state index in [2.05, 4.69) is 26.6 Å². The lowest BCUT2D eigenvalue weighted by atomic mass is 10.1. The van der Waals surface area contributed by atoms with Gasteiger partial charge in [0.15, 0.2) is 5.78 Å². The minimum Gasteiger partial charge on any atom is -0.495 e. The van der Waals surface area contributed by atoms with Crippen LogP contribution in [-0.2, 0) is 13.1 Å². The first-order valence-corrected chi connectivity index (χ1v) is 12.5. The predicted octanol–water partition coefficient (Wildman–Crippen LogP) is 4.98. The highest BCUT2D eigenvalue weighted by molar-refractivity contribution is 6.11. The second kappa shape index (κ2) is 10.3. The summed E-state index contributed by atoms with van der Waals surface area (Å²) in [6.45, 7) is 7.01. The van der Waals surface area contributed by atoms with Crippen LogP contribution in [0.5, 0.6) is 5.75 Å². The van der Waals surface area contributed by atoms with Crippen LogP contribution in [0.1, 0.15) is 41.6 Å². The second-order valence-corrected chi connectivity index (χ2v) is 9.68. The van der Waals surface area contributed by atoms with E-state index in [1.807, 2.05) is 24.3 Å². The van der Waals surface area contributed by atoms with Crippen molar-refractivity contribution >= 4 is 16.7 Å². The number of benzene rings is 2. The molecular formula is C28H34FN3O2. The minimum atomic E-state index is -0.178. The Bertz CT molecular complexity index is 1140. The number of carbonyl (C=O) groups excluding carboxylic acids is 1. The van der Waals surface area contributed by atoms with Crippen LogP contribution in [0.25, 0.3) is 10.9 Å². The van der Waals surface area contributed by atoms with E-state index < -0.39 is 0 Å². The number of Topliss-reactive ketones (excluding diaryl/α,β-unsaturated/α-hetero) is 1. The van der Waals surface area contributed by atoms with Gasteiger partial charge in [0.05, 0.1) is 12.6 Å². The number of aryl methyl sites for hydroxylation is 1. The third kappa shape index (κ3) is 5.18. The number of fused-ring (bicyclic) bond motifs is 1. The van der Waals surface area contributed by atoms with Crippen molar-refractivity contribution < 1.29 is 13.9 Å². The average molecular weight is 464 g/mol. The zero-order valence-electron chi connectivity index (χ0n) is 20.0. The molecule has 2 heterocycles. The van der Waals surface area contributed by atoms with Gasteiger partial charge in [0.1, 0.15) is 11.6 Å². The summed E-state index contributed by atoms with van der Waals surface area (Å²) in [5.41, 5.74) is 3.05. The van der Waals surface area contributed by atoms with Crippen molar-refractivity contribution in [1.29, 1.82) is 0 Å². The molecule has 1 aliphatic carbocycles. The molecule has 2 aliphatic rings. The fourth-order valence-electron chi connectivity index (χ4n) is 5.15. The Morgan fingerprint density at radius 2 is 1.76 bits per heavy atom. The molecule has 0 atom stereocenters. The molecule has 180 valence electrons. The molecule has 3 aromatic rings. The molecule has 1 saturated carbocycles. The summed E-state index contributed by atoms with van der Waals surface area (Å²) in [7, 11) is 1.70. The normalized spacial score (nSPS) is 17.7. The lowest BCUT2D eigenvalue weighted by Crippen LogP contribution is -2.31. The third-order valence-electron chi connectivity index (χ3n) is 7.17. The molecule has 2 fully saturated rings. The monoisotopic (exact) mass is 463 g/mol. The average Bonchev–Trinajstić information content (AvgIpc) is 3.66. The van der Waals surface area contributed by atoms with Crippen molar-refractivity contribution in [2.45, 2.75) is 38.8 Å². The van der Waals surface area contributed by atoms with Gasteiger partial charge in [-0.15, -0.1) is 0 Å². The molecule has 0 unspecified atom stereocenters. The number of ketones is 1. The summed E-state index contributed by atoms with van der Waals surface area (Å²) in [6.07, 6.45) is 6.25. The number of carbonyl (C=O) groups is 1. The molecule has 1 aliphatic heterocycles. The number of hydrogen-bond donors (Lipinski definition) is 0. The van der Waals surface area contributed by atoms with Gasteiger partial charge in [-0.3, -0.25) is 9.69 Å². The van der Waals surface area contributed by atoms with Crippen LogP contribution in [0.15, 0.2) is 48.7 Å². The molecule has 0 bridgehead atoms. The highest BCUT2D eigenvalue weighted by atomic mass is 19.1. The number of para-hydroxylation sites is 1. The zero-order chi connectivity index (χ0) is 23.5. The van der Waals surface area contributed by atoms with E-state index in [1.165, 1.54) is 5.56 Å². The van der Waals surface area contributed by atoms with E-state index in [-0.39, 0.29) is 17.5 Å². The van der Waals surface area contributed by atoms with Gasteiger partial charge in [0, 0.05) is 49.2 Å². The maximum atomic E-state index is 13.2. The van der Waals surface area contributed by atoms with Gasteiger partial charge >= 0.3 is 0 Å². The van der Waals surface area contributed by atoms with Gasteiger partial charge in [0.2, 0.25) is 0 Å². The number of nitrogens with zero attached hydrogens (tertiary/aromatic N) is 3. The zero-order valence-corrected chi connectivity index (χ0v) is 20.0. The van der Waals surface area contributed by atoms with Crippen LogP contribution in [0.2, 0.25) is 0 Å². The molecule has 2 aromatic carbocycles. The molecule has 6 heteroatoms. The summed E-state index contributed by atoms with van der Waals surface area (Å²) in [6, 6.07) is 12.9. The lowest BCUT2D eigenvalue weighted by Gasteiger charge is -2.22. The van der Waals surface area contributed by atoms with Crippen LogP contribution in [0.3, 0.4) is 0 Å². The largest absolute Gasteiger partial charge is 0.495 e. The summed E-state index contributed by atoms with van der Waals surface area (Å²) in [5, 5.41) is 1.02. The van der Waals surface area contributed by atoms with Crippen molar-refractivity contribution in [3.8, 4) is 5.75 Å². The Hall–Kier alpha value is -2.70. The Morgan fingerprint density at radius 1 is 1.00 bits per heavy atom. The summed E-state index contributed by atoms with van der Waals surface area (Å²) in [5.74, 6) is 1.15. The number of rotatable bonds is 9. The SMILES string of the molecule is COc1cccc2c(C(=O)C3CC3)cn(CCCN3CCCN(Cc4ccc(F)cc4)CC3)c12. The molecule has 5 rings (SSSR count). The molecule has 0 N–H and O–H groups in total. The number of methoxy groups -OCH3 is 1. The Balaban J connectivity index is 1.20. The van der Waals surface area contributed by atoms with Gasteiger partial charge in [-0.05, 0) is 69.1 Å². The molecule has 5 nitrogen and oxygen atoms in total. The fraction of sp³-hybridized carbons (Fsp3) is 0.464. The predicted molar refractivity (Wildman–Crippen MR) is 133 cm³/mol. The van der Waals surface area contributed by atoms with Gasteiger partial charge in [-0.1, -0.05) is 24.3 Å². The van der Waals surface area contributed by atoms with Crippen LogP contribution in [0, 0.1) is 11.7 Å². The van der Waals surface area contributed by atoms with E-state index in [0.29, 0.717) is 0 Å². The van der Waals surface area contributed by atoms with E-state index in [0.717, 1.165) is 93.7 Å². The van der Waals surface area contributed by atoms with Crippen molar-refractivity contribution in [2.75, 3.05) is 39.8 Å². The lowest BCUT2D eigenvalue weighted by molar-refractivity contribution is 0.0969. The molecular weight excluding hydrogens is 429 g/mol. The molecule has 1 aromatic heterocycles. The standard InChI is InChI=1S/C28H34FN3O2/c1-34-26-6-2-5-24-25(28(33)22-9-10-22)20-32(27(24)26)16-4-14-30-13-3-15-31(18-17-30)19-21-7-11-23(29)12-8-21/h2,5-8,11-12,20,22H,3-4,9-10,13-19H2,1H3. The molecule has 0 amide bonds. The summed E-state index contributed by atoms with van der Waals surface area (Å²) in [4.78, 5) is 17.9. The minimum absolute atomic E-state index is 0.178. The highest BCUT2D eigenvalue weighted by Gasteiger charge is 2.32. The molecule has 0 spiro atoms. The smallest absolute Gasteiger partial charge is 0.168 e. The van der Waals surface area contributed by atoms with Crippen molar-refractivity contribution in [1.82, 2.24) is 14.4 Å².